The third-order valence-electron chi connectivity index (χ3n) is 2.93. The molecular formula is C14H16N2O4. The summed E-state index contributed by atoms with van der Waals surface area (Å²) in [6, 6.07) is 4.62. The van der Waals surface area contributed by atoms with Crippen LogP contribution in [0.4, 0.5) is 0 Å². The standard InChI is InChI=1S/C14H16N2O4/c1-3-16-9-15-7-10(16)8-20-13-6-11(19-2)4-5-12(13)14(17)18/h4-7,9H,3,8H2,1-2H3,(H,17,18). The van der Waals surface area contributed by atoms with Crippen molar-refractivity contribution >= 4 is 5.97 Å². The lowest BCUT2D eigenvalue weighted by Crippen LogP contribution is -2.07. The summed E-state index contributed by atoms with van der Waals surface area (Å²) in [5.41, 5.74) is 0.986. The molecule has 1 aromatic carbocycles. The Labute approximate surface area is 116 Å². The monoisotopic (exact) mass is 276 g/mol. The minimum Gasteiger partial charge on any atom is -0.497 e. The molecule has 0 aliphatic rings. The second-order valence-electron chi connectivity index (χ2n) is 4.13. The largest absolute Gasteiger partial charge is 0.497 e. The predicted octanol–water partition coefficient (Wildman–Crippen LogP) is 2.19. The van der Waals surface area contributed by atoms with Gasteiger partial charge in [-0.1, -0.05) is 0 Å². The molecule has 0 saturated heterocycles. The fourth-order valence-electron chi connectivity index (χ4n) is 1.83. The fraction of sp³-hybridized carbons (Fsp3) is 0.286. The Balaban J connectivity index is 2.21. The van der Waals surface area contributed by atoms with E-state index in [0.717, 1.165) is 12.2 Å². The summed E-state index contributed by atoms with van der Waals surface area (Å²) in [7, 11) is 1.52. The molecule has 0 spiro atoms. The Kier molecular flexibility index (Phi) is 4.24. The average molecular weight is 276 g/mol. The molecule has 1 heterocycles. The van der Waals surface area contributed by atoms with Gasteiger partial charge in [0.05, 0.1) is 25.3 Å². The van der Waals surface area contributed by atoms with Gasteiger partial charge in [0.2, 0.25) is 0 Å². The third kappa shape index (κ3) is 2.90. The van der Waals surface area contributed by atoms with Crippen LogP contribution in [0.15, 0.2) is 30.7 Å². The van der Waals surface area contributed by atoms with Crippen molar-refractivity contribution in [3.63, 3.8) is 0 Å². The third-order valence-corrected chi connectivity index (χ3v) is 2.93. The lowest BCUT2D eigenvalue weighted by Gasteiger charge is -2.11. The summed E-state index contributed by atoms with van der Waals surface area (Å²) < 4.78 is 12.6. The zero-order valence-electron chi connectivity index (χ0n) is 11.4. The van der Waals surface area contributed by atoms with Crippen LogP contribution in [0.1, 0.15) is 23.0 Å². The maximum atomic E-state index is 11.2. The van der Waals surface area contributed by atoms with Crippen LogP contribution in [-0.2, 0) is 13.2 Å². The highest BCUT2D eigenvalue weighted by atomic mass is 16.5. The molecule has 0 atom stereocenters. The zero-order chi connectivity index (χ0) is 14.5. The van der Waals surface area contributed by atoms with E-state index in [9.17, 15) is 4.79 Å². The normalized spacial score (nSPS) is 10.3. The maximum Gasteiger partial charge on any atom is 0.339 e. The van der Waals surface area contributed by atoms with Gasteiger partial charge in [0.15, 0.2) is 0 Å². The first-order valence-electron chi connectivity index (χ1n) is 6.18. The van der Waals surface area contributed by atoms with E-state index in [0.29, 0.717) is 5.75 Å². The van der Waals surface area contributed by atoms with Crippen LogP contribution in [0.2, 0.25) is 0 Å². The van der Waals surface area contributed by atoms with Gasteiger partial charge in [-0.05, 0) is 19.1 Å². The lowest BCUT2D eigenvalue weighted by molar-refractivity contribution is 0.0691. The van der Waals surface area contributed by atoms with Crippen LogP contribution >= 0.6 is 0 Å². The minimum absolute atomic E-state index is 0.105. The van der Waals surface area contributed by atoms with Crippen LogP contribution in [0, 0.1) is 0 Å². The van der Waals surface area contributed by atoms with E-state index in [1.54, 1.807) is 24.7 Å². The Morgan fingerprint density at radius 1 is 1.45 bits per heavy atom. The van der Waals surface area contributed by atoms with Crippen LogP contribution in [0.25, 0.3) is 0 Å². The van der Waals surface area contributed by atoms with Crippen molar-refractivity contribution in [1.82, 2.24) is 9.55 Å². The molecule has 0 radical (unpaired) electrons. The summed E-state index contributed by atoms with van der Waals surface area (Å²) in [5.74, 6) is -0.207. The lowest BCUT2D eigenvalue weighted by atomic mass is 10.2. The number of benzene rings is 1. The first kappa shape index (κ1) is 13.9. The van der Waals surface area contributed by atoms with E-state index in [4.69, 9.17) is 14.6 Å². The van der Waals surface area contributed by atoms with Gasteiger partial charge in [0.25, 0.3) is 0 Å². The average Bonchev–Trinajstić information content (AvgIpc) is 2.91. The predicted molar refractivity (Wildman–Crippen MR) is 72.2 cm³/mol. The molecular weight excluding hydrogens is 260 g/mol. The molecule has 0 aliphatic carbocycles. The molecule has 1 N–H and O–H groups in total. The highest BCUT2D eigenvalue weighted by Crippen LogP contribution is 2.25. The van der Waals surface area contributed by atoms with Gasteiger partial charge in [-0.15, -0.1) is 0 Å². The number of ether oxygens (including phenoxy) is 2. The van der Waals surface area contributed by atoms with Gasteiger partial charge >= 0.3 is 5.97 Å². The molecule has 106 valence electrons. The van der Waals surface area contributed by atoms with Crippen molar-refractivity contribution in [2.24, 2.45) is 0 Å². The quantitative estimate of drug-likeness (QED) is 0.875. The number of carboxylic acids is 1. The minimum atomic E-state index is -1.04. The number of hydrogen-bond donors (Lipinski definition) is 1. The van der Waals surface area contributed by atoms with Crippen LogP contribution in [0.5, 0.6) is 11.5 Å². The number of hydrogen-bond acceptors (Lipinski definition) is 4. The number of carboxylic acid groups (broad SMARTS) is 1. The summed E-state index contributed by atoms with van der Waals surface area (Å²) in [4.78, 5) is 15.2. The molecule has 0 amide bonds. The Morgan fingerprint density at radius 2 is 2.25 bits per heavy atom. The summed E-state index contributed by atoms with van der Waals surface area (Å²) >= 11 is 0. The first-order valence-corrected chi connectivity index (χ1v) is 6.18. The molecule has 2 aromatic rings. The van der Waals surface area contributed by atoms with E-state index in [1.165, 1.54) is 13.2 Å². The first-order chi connectivity index (χ1) is 9.65. The van der Waals surface area contributed by atoms with Crippen LogP contribution in [0.3, 0.4) is 0 Å². The highest BCUT2D eigenvalue weighted by molar-refractivity contribution is 5.91. The number of nitrogens with zero attached hydrogens (tertiary/aromatic N) is 2. The van der Waals surface area contributed by atoms with Crippen molar-refractivity contribution in [3.05, 3.63) is 42.0 Å². The van der Waals surface area contributed by atoms with Crippen molar-refractivity contribution in [2.75, 3.05) is 7.11 Å². The van der Waals surface area contributed by atoms with E-state index in [1.807, 2.05) is 11.5 Å². The number of methoxy groups -OCH3 is 1. The molecule has 0 saturated carbocycles. The summed E-state index contributed by atoms with van der Waals surface area (Å²) in [6.45, 7) is 3.03. The topological polar surface area (TPSA) is 73.6 Å². The number of carbonyl (C=O) groups is 1. The molecule has 6 nitrogen and oxygen atoms in total. The van der Waals surface area contributed by atoms with Gasteiger partial charge < -0.3 is 19.1 Å². The van der Waals surface area contributed by atoms with Crippen LogP contribution < -0.4 is 9.47 Å². The zero-order valence-corrected chi connectivity index (χ0v) is 11.4. The number of aromatic carboxylic acids is 1. The number of imidazole rings is 1. The van der Waals surface area contributed by atoms with Gasteiger partial charge in [-0.2, -0.15) is 0 Å². The number of aryl methyl sites for hydroxylation is 1. The summed E-state index contributed by atoms with van der Waals surface area (Å²) in [6.07, 6.45) is 3.41. The molecule has 6 heteroatoms. The SMILES string of the molecule is CCn1cncc1COc1cc(OC)ccc1C(=O)O. The van der Waals surface area contributed by atoms with Gasteiger partial charge in [-0.3, -0.25) is 0 Å². The second-order valence-corrected chi connectivity index (χ2v) is 4.13. The van der Waals surface area contributed by atoms with E-state index < -0.39 is 5.97 Å². The second kappa shape index (κ2) is 6.10. The van der Waals surface area contributed by atoms with Gasteiger partial charge in [0, 0.05) is 12.6 Å². The summed E-state index contributed by atoms with van der Waals surface area (Å²) in [5, 5.41) is 9.15. The van der Waals surface area contributed by atoms with E-state index in [-0.39, 0.29) is 17.9 Å². The fourth-order valence-corrected chi connectivity index (χ4v) is 1.83. The maximum absolute atomic E-state index is 11.2. The van der Waals surface area contributed by atoms with Crippen molar-refractivity contribution < 1.29 is 19.4 Å². The molecule has 20 heavy (non-hydrogen) atoms. The molecule has 0 fully saturated rings. The number of aromatic nitrogens is 2. The van der Waals surface area contributed by atoms with Crippen LogP contribution in [-0.4, -0.2) is 27.7 Å². The molecule has 0 bridgehead atoms. The Hall–Kier alpha value is -2.50. The highest BCUT2D eigenvalue weighted by Gasteiger charge is 2.13. The molecule has 1 aromatic heterocycles. The molecule has 0 unspecified atom stereocenters. The molecule has 2 rings (SSSR count). The Bertz CT molecular complexity index is 607. The number of rotatable bonds is 6. The smallest absolute Gasteiger partial charge is 0.339 e. The van der Waals surface area contributed by atoms with Crippen molar-refractivity contribution in [3.8, 4) is 11.5 Å². The van der Waals surface area contributed by atoms with Gasteiger partial charge in [-0.25, -0.2) is 9.78 Å². The van der Waals surface area contributed by atoms with Gasteiger partial charge in [0.1, 0.15) is 23.7 Å². The van der Waals surface area contributed by atoms with E-state index >= 15 is 0 Å². The Morgan fingerprint density at radius 3 is 2.90 bits per heavy atom. The van der Waals surface area contributed by atoms with E-state index in [2.05, 4.69) is 4.98 Å². The molecule has 0 aliphatic heterocycles. The van der Waals surface area contributed by atoms with Crippen molar-refractivity contribution in [2.45, 2.75) is 20.1 Å². The van der Waals surface area contributed by atoms with Crippen molar-refractivity contribution in [1.29, 1.82) is 0 Å².